The Morgan fingerprint density at radius 1 is 1.17 bits per heavy atom. The maximum Gasteiger partial charge on any atom is 0.340 e. The Hall–Kier alpha value is -2.05. The first-order valence-corrected chi connectivity index (χ1v) is 8.23. The van der Waals surface area contributed by atoms with E-state index in [0.717, 1.165) is 5.69 Å². The monoisotopic (exact) mass is 410 g/mol. The zero-order valence-electron chi connectivity index (χ0n) is 13.2. The van der Waals surface area contributed by atoms with Crippen LogP contribution in [0.3, 0.4) is 0 Å². The Bertz CT molecular complexity index is 748. The van der Waals surface area contributed by atoms with Crippen molar-refractivity contribution >= 4 is 50.8 Å². The summed E-state index contributed by atoms with van der Waals surface area (Å²) in [5, 5.41) is 2.93. The molecule has 0 saturated carbocycles. The van der Waals surface area contributed by atoms with Gasteiger partial charge < -0.3 is 15.0 Å². The van der Waals surface area contributed by atoms with Gasteiger partial charge in [0.1, 0.15) is 0 Å². The summed E-state index contributed by atoms with van der Waals surface area (Å²) in [6, 6.07) is 12.1. The minimum atomic E-state index is -0.653. The molecule has 0 radical (unpaired) electrons. The van der Waals surface area contributed by atoms with E-state index in [9.17, 15) is 9.59 Å². The lowest BCUT2D eigenvalue weighted by atomic mass is 10.2. The molecular weight excluding hydrogens is 396 g/mol. The van der Waals surface area contributed by atoms with Gasteiger partial charge in [0.2, 0.25) is 0 Å². The molecule has 0 spiro atoms. The number of rotatable bonds is 5. The smallest absolute Gasteiger partial charge is 0.340 e. The highest BCUT2D eigenvalue weighted by Crippen LogP contribution is 2.21. The third-order valence-corrected chi connectivity index (χ3v) is 3.97. The summed E-state index contributed by atoms with van der Waals surface area (Å²) in [6.07, 6.45) is 0. The summed E-state index contributed by atoms with van der Waals surface area (Å²) in [4.78, 5) is 25.8. The van der Waals surface area contributed by atoms with Gasteiger partial charge in [-0.25, -0.2) is 4.79 Å². The first kappa shape index (κ1) is 18.3. The van der Waals surface area contributed by atoms with Crippen LogP contribution in [0.25, 0.3) is 0 Å². The maximum atomic E-state index is 12.0. The minimum Gasteiger partial charge on any atom is -0.452 e. The molecule has 1 N–H and O–H groups in total. The van der Waals surface area contributed by atoms with Gasteiger partial charge in [0.05, 0.1) is 10.6 Å². The van der Waals surface area contributed by atoms with E-state index in [2.05, 4.69) is 21.2 Å². The van der Waals surface area contributed by atoms with Crippen molar-refractivity contribution in [3.63, 3.8) is 0 Å². The van der Waals surface area contributed by atoms with Gasteiger partial charge in [0.25, 0.3) is 5.91 Å². The fraction of sp³-hybridized carbons (Fsp3) is 0.176. The van der Waals surface area contributed by atoms with Crippen LogP contribution in [0.1, 0.15) is 10.4 Å². The van der Waals surface area contributed by atoms with E-state index in [0.29, 0.717) is 10.2 Å². The maximum absolute atomic E-state index is 12.0. The molecule has 0 aliphatic heterocycles. The van der Waals surface area contributed by atoms with E-state index in [1.165, 1.54) is 0 Å². The average molecular weight is 412 g/mol. The molecule has 0 heterocycles. The molecular formula is C17H16BrClN2O3. The number of nitrogens with zero attached hydrogens (tertiary/aromatic N) is 1. The number of carbonyl (C=O) groups is 2. The van der Waals surface area contributed by atoms with E-state index < -0.39 is 18.5 Å². The van der Waals surface area contributed by atoms with Gasteiger partial charge in [0.15, 0.2) is 6.61 Å². The Morgan fingerprint density at radius 3 is 2.46 bits per heavy atom. The first-order valence-electron chi connectivity index (χ1n) is 7.06. The van der Waals surface area contributed by atoms with E-state index in [1.54, 1.807) is 30.3 Å². The fourth-order valence-corrected chi connectivity index (χ4v) is 2.46. The average Bonchev–Trinajstić information content (AvgIpc) is 2.55. The highest BCUT2D eigenvalue weighted by atomic mass is 79.9. The number of amides is 1. The molecule has 5 nitrogen and oxygen atoms in total. The highest BCUT2D eigenvalue weighted by molar-refractivity contribution is 9.10. The summed E-state index contributed by atoms with van der Waals surface area (Å²) in [6.45, 7) is -0.392. The van der Waals surface area contributed by atoms with E-state index in [-0.39, 0.29) is 10.6 Å². The molecule has 1 amide bonds. The van der Waals surface area contributed by atoms with Crippen molar-refractivity contribution in [1.29, 1.82) is 0 Å². The first-order chi connectivity index (χ1) is 11.4. The van der Waals surface area contributed by atoms with Crippen LogP contribution in [0.5, 0.6) is 0 Å². The van der Waals surface area contributed by atoms with Crippen molar-refractivity contribution in [2.45, 2.75) is 0 Å². The Labute approximate surface area is 153 Å². The minimum absolute atomic E-state index is 0.203. The van der Waals surface area contributed by atoms with Crippen LogP contribution in [-0.4, -0.2) is 32.6 Å². The molecule has 2 rings (SSSR count). The topological polar surface area (TPSA) is 58.6 Å². The van der Waals surface area contributed by atoms with Crippen LogP contribution in [0, 0.1) is 0 Å². The number of carbonyl (C=O) groups excluding carboxylic acids is 2. The Kier molecular flexibility index (Phi) is 6.23. The van der Waals surface area contributed by atoms with Crippen molar-refractivity contribution in [3.8, 4) is 0 Å². The number of halogens is 2. The van der Waals surface area contributed by atoms with Gasteiger partial charge in [0, 0.05) is 29.9 Å². The number of nitrogens with one attached hydrogen (secondary N) is 1. The molecule has 0 aliphatic rings. The van der Waals surface area contributed by atoms with Gasteiger partial charge in [-0.2, -0.15) is 0 Å². The van der Waals surface area contributed by atoms with Gasteiger partial charge in [-0.1, -0.05) is 27.5 Å². The lowest BCUT2D eigenvalue weighted by Crippen LogP contribution is -2.21. The number of benzene rings is 2. The molecule has 2 aromatic rings. The number of hydrogen-bond donors (Lipinski definition) is 1. The van der Waals surface area contributed by atoms with Crippen molar-refractivity contribution in [3.05, 3.63) is 57.5 Å². The van der Waals surface area contributed by atoms with E-state index in [1.807, 2.05) is 31.1 Å². The molecule has 0 atom stereocenters. The van der Waals surface area contributed by atoms with Crippen LogP contribution in [0.15, 0.2) is 46.9 Å². The van der Waals surface area contributed by atoms with Crippen molar-refractivity contribution < 1.29 is 14.3 Å². The molecule has 0 bridgehead atoms. The summed E-state index contributed by atoms with van der Waals surface area (Å²) in [5.74, 6) is -1.08. The lowest BCUT2D eigenvalue weighted by Gasteiger charge is -2.13. The summed E-state index contributed by atoms with van der Waals surface area (Å²) in [7, 11) is 3.86. The molecule has 0 fully saturated rings. The van der Waals surface area contributed by atoms with Gasteiger partial charge in [-0.15, -0.1) is 0 Å². The van der Waals surface area contributed by atoms with Gasteiger partial charge in [-0.05, 0) is 42.5 Å². The normalized spacial score (nSPS) is 10.2. The number of ether oxygens (including phenoxy) is 1. The number of esters is 1. The van der Waals surface area contributed by atoms with Crippen molar-refractivity contribution in [1.82, 2.24) is 0 Å². The quantitative estimate of drug-likeness (QED) is 0.757. The molecule has 2 aromatic carbocycles. The van der Waals surface area contributed by atoms with Crippen LogP contribution < -0.4 is 10.2 Å². The molecule has 0 aliphatic carbocycles. The zero-order chi connectivity index (χ0) is 17.7. The van der Waals surface area contributed by atoms with Crippen LogP contribution in [-0.2, 0) is 9.53 Å². The third kappa shape index (κ3) is 4.97. The van der Waals surface area contributed by atoms with E-state index >= 15 is 0 Å². The predicted molar refractivity (Wildman–Crippen MR) is 98.8 cm³/mol. The molecule has 0 aromatic heterocycles. The summed E-state index contributed by atoms with van der Waals surface area (Å²) in [5.41, 5.74) is 1.85. The SMILES string of the molecule is CN(C)c1ccc(NC(=O)COC(=O)c2cc(Br)ccc2Cl)cc1. The Morgan fingerprint density at radius 2 is 1.83 bits per heavy atom. The van der Waals surface area contributed by atoms with Crippen LogP contribution >= 0.6 is 27.5 Å². The third-order valence-electron chi connectivity index (χ3n) is 3.15. The Balaban J connectivity index is 1.90. The summed E-state index contributed by atoms with van der Waals surface area (Å²) < 4.78 is 5.69. The van der Waals surface area contributed by atoms with E-state index in [4.69, 9.17) is 16.3 Å². The highest BCUT2D eigenvalue weighted by Gasteiger charge is 2.14. The van der Waals surface area contributed by atoms with Crippen molar-refractivity contribution in [2.24, 2.45) is 0 Å². The molecule has 7 heteroatoms. The van der Waals surface area contributed by atoms with Crippen molar-refractivity contribution in [2.75, 3.05) is 30.9 Å². The summed E-state index contributed by atoms with van der Waals surface area (Å²) >= 11 is 9.21. The second-order valence-corrected chi connectivity index (χ2v) is 6.51. The zero-order valence-corrected chi connectivity index (χ0v) is 15.5. The number of hydrogen-bond acceptors (Lipinski definition) is 4. The lowest BCUT2D eigenvalue weighted by molar-refractivity contribution is -0.119. The molecule has 0 saturated heterocycles. The molecule has 0 unspecified atom stereocenters. The standard InChI is InChI=1S/C17H16BrClN2O3/c1-21(2)13-6-4-12(5-7-13)20-16(22)10-24-17(23)14-9-11(18)3-8-15(14)19/h3-9H,10H2,1-2H3,(H,20,22). The molecule has 126 valence electrons. The largest absolute Gasteiger partial charge is 0.452 e. The molecule has 24 heavy (non-hydrogen) atoms. The fourth-order valence-electron chi connectivity index (χ4n) is 1.90. The second kappa shape index (κ2) is 8.17. The van der Waals surface area contributed by atoms with Crippen LogP contribution in [0.4, 0.5) is 11.4 Å². The van der Waals surface area contributed by atoms with Crippen LogP contribution in [0.2, 0.25) is 5.02 Å². The van der Waals surface area contributed by atoms with Gasteiger partial charge in [-0.3, -0.25) is 4.79 Å². The predicted octanol–water partition coefficient (Wildman–Crippen LogP) is 3.96. The van der Waals surface area contributed by atoms with Gasteiger partial charge >= 0.3 is 5.97 Å². The number of anilines is 2. The second-order valence-electron chi connectivity index (χ2n) is 5.19.